The van der Waals surface area contributed by atoms with Crippen molar-refractivity contribution in [2.75, 3.05) is 6.54 Å². The molecule has 0 aromatic carbocycles. The molecule has 0 saturated heterocycles. The second kappa shape index (κ2) is 2.21. The van der Waals surface area contributed by atoms with Crippen LogP contribution in [0.4, 0.5) is 0 Å². The van der Waals surface area contributed by atoms with Crippen molar-refractivity contribution >= 4 is 11.6 Å². The Kier molecular flexibility index (Phi) is 1.35. The summed E-state index contributed by atoms with van der Waals surface area (Å²) in [5.74, 6) is 0.927. The van der Waals surface area contributed by atoms with Crippen LogP contribution in [0.2, 0.25) is 5.28 Å². The highest BCUT2D eigenvalue weighted by Gasteiger charge is 2.12. The molecule has 0 atom stereocenters. The molecule has 0 fully saturated rings. The van der Waals surface area contributed by atoms with Crippen molar-refractivity contribution in [3.8, 4) is 0 Å². The molecule has 0 aliphatic carbocycles. The van der Waals surface area contributed by atoms with Crippen molar-refractivity contribution in [2.24, 2.45) is 0 Å². The fourth-order valence-electron chi connectivity index (χ4n) is 1.06. The lowest BCUT2D eigenvalue weighted by Crippen LogP contribution is -2.28. The lowest BCUT2D eigenvalue weighted by molar-refractivity contribution is 0.506. The van der Waals surface area contributed by atoms with Gasteiger partial charge in [-0.25, -0.2) is 0 Å². The van der Waals surface area contributed by atoms with Crippen LogP contribution in [0.25, 0.3) is 0 Å². The van der Waals surface area contributed by atoms with E-state index in [4.69, 9.17) is 11.6 Å². The number of aromatic nitrogens is 3. The van der Waals surface area contributed by atoms with E-state index in [0.29, 0.717) is 5.28 Å². The van der Waals surface area contributed by atoms with E-state index in [1.807, 2.05) is 4.57 Å². The Hall–Kier alpha value is -0.610. The molecule has 54 valence electrons. The average molecular weight is 159 g/mol. The smallest absolute Gasteiger partial charge is 0.225 e. The molecule has 0 radical (unpaired) electrons. The highest BCUT2D eigenvalue weighted by Crippen LogP contribution is 2.09. The van der Waals surface area contributed by atoms with E-state index in [-0.39, 0.29) is 0 Å². The molecule has 2 heterocycles. The molecule has 0 saturated carbocycles. The Bertz CT molecular complexity index is 244. The first-order chi connectivity index (χ1) is 4.88. The van der Waals surface area contributed by atoms with Gasteiger partial charge in [0.05, 0.1) is 6.54 Å². The molecule has 0 unspecified atom stereocenters. The summed E-state index contributed by atoms with van der Waals surface area (Å²) in [6.45, 7) is 2.60. The van der Waals surface area contributed by atoms with Gasteiger partial charge in [-0.2, -0.15) is 0 Å². The number of rotatable bonds is 0. The monoisotopic (exact) mass is 158 g/mol. The molecule has 1 aliphatic rings. The molecule has 0 amide bonds. The zero-order valence-corrected chi connectivity index (χ0v) is 6.10. The Morgan fingerprint density at radius 1 is 1.50 bits per heavy atom. The van der Waals surface area contributed by atoms with Crippen LogP contribution in [0, 0.1) is 0 Å². The molecule has 10 heavy (non-hydrogen) atoms. The summed E-state index contributed by atoms with van der Waals surface area (Å²) in [5.41, 5.74) is 0. The largest absolute Gasteiger partial charge is 0.308 e. The normalized spacial score (nSPS) is 16.9. The van der Waals surface area contributed by atoms with Crippen LogP contribution in [0.1, 0.15) is 5.82 Å². The van der Waals surface area contributed by atoms with Gasteiger partial charge < -0.3 is 5.32 Å². The topological polar surface area (TPSA) is 42.7 Å². The van der Waals surface area contributed by atoms with Crippen molar-refractivity contribution in [2.45, 2.75) is 13.1 Å². The fraction of sp³-hybridized carbons (Fsp3) is 0.600. The minimum absolute atomic E-state index is 0.497. The van der Waals surface area contributed by atoms with E-state index in [0.717, 1.165) is 25.5 Å². The van der Waals surface area contributed by atoms with Gasteiger partial charge in [-0.15, -0.1) is 10.2 Å². The second-order valence-corrected chi connectivity index (χ2v) is 2.55. The summed E-state index contributed by atoms with van der Waals surface area (Å²) in [5, 5.41) is 11.3. The Morgan fingerprint density at radius 3 is 3.20 bits per heavy atom. The van der Waals surface area contributed by atoms with Crippen LogP contribution in [0.5, 0.6) is 0 Å². The number of halogens is 1. The van der Waals surface area contributed by atoms with Gasteiger partial charge in [0.15, 0.2) is 0 Å². The standard InChI is InChI=1S/C5H7ClN4/c6-5-9-8-4-3-7-1-2-10(4)5/h7H,1-3H2. The van der Waals surface area contributed by atoms with Gasteiger partial charge >= 0.3 is 0 Å². The summed E-state index contributed by atoms with van der Waals surface area (Å²) < 4.78 is 1.91. The van der Waals surface area contributed by atoms with Gasteiger partial charge in [-0.05, 0) is 11.6 Å². The zero-order chi connectivity index (χ0) is 6.97. The maximum atomic E-state index is 5.72. The third kappa shape index (κ3) is 0.803. The van der Waals surface area contributed by atoms with Crippen molar-refractivity contribution in [1.82, 2.24) is 20.1 Å². The van der Waals surface area contributed by atoms with E-state index < -0.39 is 0 Å². The van der Waals surface area contributed by atoms with Crippen LogP contribution in [0.3, 0.4) is 0 Å². The summed E-state index contributed by atoms with van der Waals surface area (Å²) in [6, 6.07) is 0. The molecule has 4 nitrogen and oxygen atoms in total. The lowest BCUT2D eigenvalue weighted by Gasteiger charge is -2.13. The summed E-state index contributed by atoms with van der Waals surface area (Å²) in [6.07, 6.45) is 0. The molecular formula is C5H7ClN4. The van der Waals surface area contributed by atoms with Crippen LogP contribution in [0.15, 0.2) is 0 Å². The van der Waals surface area contributed by atoms with E-state index >= 15 is 0 Å². The van der Waals surface area contributed by atoms with Crippen LogP contribution in [-0.2, 0) is 13.1 Å². The molecule has 0 bridgehead atoms. The maximum absolute atomic E-state index is 5.72. The van der Waals surface area contributed by atoms with Gasteiger partial charge in [0, 0.05) is 13.1 Å². The molecule has 1 aromatic heterocycles. The van der Waals surface area contributed by atoms with Crippen molar-refractivity contribution in [1.29, 1.82) is 0 Å². The first-order valence-electron chi connectivity index (χ1n) is 3.16. The first kappa shape index (κ1) is 6.12. The molecule has 0 spiro atoms. The molecule has 1 aliphatic heterocycles. The van der Waals surface area contributed by atoms with Crippen LogP contribution < -0.4 is 5.32 Å². The fourth-order valence-corrected chi connectivity index (χ4v) is 1.28. The number of fused-ring (bicyclic) bond motifs is 1. The first-order valence-corrected chi connectivity index (χ1v) is 3.54. The number of hydrogen-bond donors (Lipinski definition) is 1. The minimum Gasteiger partial charge on any atom is -0.308 e. The van der Waals surface area contributed by atoms with Gasteiger partial charge in [0.2, 0.25) is 5.28 Å². The van der Waals surface area contributed by atoms with E-state index in [2.05, 4.69) is 15.5 Å². The molecule has 5 heteroatoms. The number of hydrogen-bond acceptors (Lipinski definition) is 3. The highest BCUT2D eigenvalue weighted by atomic mass is 35.5. The SMILES string of the molecule is Clc1nnc2n1CCNC2. The summed E-state index contributed by atoms with van der Waals surface area (Å²) in [4.78, 5) is 0. The molecular weight excluding hydrogens is 152 g/mol. The van der Waals surface area contributed by atoms with E-state index in [1.165, 1.54) is 0 Å². The molecule has 1 N–H and O–H groups in total. The van der Waals surface area contributed by atoms with Gasteiger partial charge in [0.25, 0.3) is 0 Å². The predicted molar refractivity (Wildman–Crippen MR) is 36.7 cm³/mol. The highest BCUT2D eigenvalue weighted by molar-refractivity contribution is 6.28. The second-order valence-electron chi connectivity index (χ2n) is 2.21. The summed E-state index contributed by atoms with van der Waals surface area (Å²) >= 11 is 5.72. The quantitative estimate of drug-likeness (QED) is 0.580. The van der Waals surface area contributed by atoms with Crippen LogP contribution >= 0.6 is 11.6 Å². The molecule has 2 rings (SSSR count). The predicted octanol–water partition coefficient (Wildman–Crippen LogP) is 0.0347. The van der Waals surface area contributed by atoms with Gasteiger partial charge in [-0.3, -0.25) is 4.57 Å². The van der Waals surface area contributed by atoms with Crippen LogP contribution in [-0.4, -0.2) is 21.3 Å². The minimum atomic E-state index is 0.497. The third-order valence-electron chi connectivity index (χ3n) is 1.58. The van der Waals surface area contributed by atoms with Crippen molar-refractivity contribution in [3.05, 3.63) is 11.1 Å². The van der Waals surface area contributed by atoms with E-state index in [1.54, 1.807) is 0 Å². The maximum Gasteiger partial charge on any atom is 0.225 e. The van der Waals surface area contributed by atoms with E-state index in [9.17, 15) is 0 Å². The average Bonchev–Trinajstić information content (AvgIpc) is 2.34. The van der Waals surface area contributed by atoms with Crippen molar-refractivity contribution in [3.63, 3.8) is 0 Å². The number of nitrogens with zero attached hydrogens (tertiary/aromatic N) is 3. The Labute approximate surface area is 63.2 Å². The molecule has 1 aromatic rings. The van der Waals surface area contributed by atoms with Gasteiger partial charge in [-0.1, -0.05) is 0 Å². The lowest BCUT2D eigenvalue weighted by atomic mass is 10.4. The third-order valence-corrected chi connectivity index (χ3v) is 1.86. The zero-order valence-electron chi connectivity index (χ0n) is 5.34. The Balaban J connectivity index is 2.45. The Morgan fingerprint density at radius 2 is 2.40 bits per heavy atom. The van der Waals surface area contributed by atoms with Gasteiger partial charge in [0.1, 0.15) is 5.82 Å². The summed E-state index contributed by atoms with van der Waals surface area (Å²) in [7, 11) is 0. The van der Waals surface area contributed by atoms with Crippen molar-refractivity contribution < 1.29 is 0 Å². The number of nitrogens with one attached hydrogen (secondary N) is 1.